The zero-order valence-electron chi connectivity index (χ0n) is 21.2. The molecular weight excluding hydrogens is 416 g/mol. The highest BCUT2D eigenvalue weighted by Gasteiger charge is 2.13. The summed E-state index contributed by atoms with van der Waals surface area (Å²) in [7, 11) is 1.61. The van der Waals surface area contributed by atoms with Crippen LogP contribution in [-0.2, 0) is 16.0 Å². The van der Waals surface area contributed by atoms with Crippen LogP contribution in [0.3, 0.4) is 0 Å². The van der Waals surface area contributed by atoms with Crippen molar-refractivity contribution in [1.82, 2.24) is 0 Å². The first-order chi connectivity index (χ1) is 15.3. The van der Waals surface area contributed by atoms with Crippen molar-refractivity contribution in [3.63, 3.8) is 0 Å². The third kappa shape index (κ3) is 11.2. The Hall–Kier alpha value is -2.66. The number of phenols is 1. The summed E-state index contributed by atoms with van der Waals surface area (Å²) in [6.07, 6.45) is 9.90. The molecule has 0 bridgehead atoms. The van der Waals surface area contributed by atoms with Crippen LogP contribution >= 0.6 is 0 Å². The summed E-state index contributed by atoms with van der Waals surface area (Å²) in [5.74, 6) is 0.900. The van der Waals surface area contributed by atoms with E-state index in [0.29, 0.717) is 12.8 Å². The van der Waals surface area contributed by atoms with E-state index < -0.39 is 5.60 Å². The smallest absolute Gasteiger partial charge is 0.159 e. The molecule has 0 aliphatic heterocycles. The van der Waals surface area contributed by atoms with Crippen molar-refractivity contribution in [3.8, 4) is 11.5 Å². The lowest BCUT2D eigenvalue weighted by Crippen LogP contribution is -2.16. The second-order valence-electron chi connectivity index (χ2n) is 9.53. The lowest BCUT2D eigenvalue weighted by molar-refractivity contribution is -0.118. The standard InChI is InChI=1S/C28H40O5/c1-19(9-8-10-21(3)26(31)13-14-28(5,6)32)15-24(29)16-20(2)11-12-23-18-25(30)17-22(4)27(23)33-7/h11,13-15,17-18,21,30,32H,8-10,12,16H2,1-7H3. The number of methoxy groups -OCH3 is 1. The number of hydrogen-bond acceptors (Lipinski definition) is 5. The quantitative estimate of drug-likeness (QED) is 0.289. The van der Waals surface area contributed by atoms with Crippen molar-refractivity contribution in [2.75, 3.05) is 7.11 Å². The van der Waals surface area contributed by atoms with Crippen LogP contribution in [-0.4, -0.2) is 34.5 Å². The third-order valence-electron chi connectivity index (χ3n) is 5.42. The van der Waals surface area contributed by atoms with Gasteiger partial charge in [0.2, 0.25) is 0 Å². The average Bonchev–Trinajstić information content (AvgIpc) is 2.69. The Bertz CT molecular complexity index is 913. The van der Waals surface area contributed by atoms with E-state index in [2.05, 4.69) is 0 Å². The molecule has 0 aromatic heterocycles. The molecule has 1 unspecified atom stereocenters. The van der Waals surface area contributed by atoms with Gasteiger partial charge in [-0.05, 0) is 90.2 Å². The summed E-state index contributed by atoms with van der Waals surface area (Å²) in [6.45, 7) is 10.9. The maximum atomic E-state index is 12.4. The number of ether oxygens (including phenoxy) is 1. The van der Waals surface area contributed by atoms with Crippen LogP contribution in [0.15, 0.2) is 47.6 Å². The van der Waals surface area contributed by atoms with E-state index in [1.165, 1.54) is 12.2 Å². The molecule has 0 aliphatic carbocycles. The summed E-state index contributed by atoms with van der Waals surface area (Å²) in [5, 5.41) is 19.5. The van der Waals surface area contributed by atoms with Gasteiger partial charge in [-0.3, -0.25) is 9.59 Å². The number of benzene rings is 1. The Kier molecular flexibility index (Phi) is 11.3. The van der Waals surface area contributed by atoms with E-state index in [1.807, 2.05) is 33.8 Å². The lowest BCUT2D eigenvalue weighted by Gasteiger charge is -2.12. The number of aromatic hydroxyl groups is 1. The van der Waals surface area contributed by atoms with Crippen molar-refractivity contribution in [3.05, 3.63) is 58.7 Å². The van der Waals surface area contributed by atoms with Gasteiger partial charge in [0, 0.05) is 17.9 Å². The number of aliphatic hydroxyl groups is 1. The number of carbonyl (C=O) groups is 2. The summed E-state index contributed by atoms with van der Waals surface area (Å²) in [5.41, 5.74) is 2.73. The Balaban J connectivity index is 2.56. The van der Waals surface area contributed by atoms with Gasteiger partial charge < -0.3 is 14.9 Å². The highest BCUT2D eigenvalue weighted by molar-refractivity contribution is 5.92. The van der Waals surface area contributed by atoms with Crippen LogP contribution in [0, 0.1) is 12.8 Å². The second-order valence-corrected chi connectivity index (χ2v) is 9.53. The molecule has 0 saturated heterocycles. The molecule has 0 aliphatic rings. The summed E-state index contributed by atoms with van der Waals surface area (Å²) in [4.78, 5) is 24.5. The van der Waals surface area contributed by atoms with E-state index in [4.69, 9.17) is 4.74 Å². The predicted molar refractivity (Wildman–Crippen MR) is 134 cm³/mol. The normalized spacial score (nSPS) is 13.9. The molecule has 0 spiro atoms. The third-order valence-corrected chi connectivity index (χ3v) is 5.42. The SMILES string of the molecule is COc1c(C)cc(O)cc1CC=C(C)CC(=O)C=C(C)CCCC(C)C(=O)C=CC(C)(C)O. The van der Waals surface area contributed by atoms with Crippen LogP contribution in [0.2, 0.25) is 0 Å². The molecule has 33 heavy (non-hydrogen) atoms. The molecule has 0 saturated carbocycles. The van der Waals surface area contributed by atoms with Crippen molar-refractivity contribution in [2.45, 2.75) is 79.2 Å². The largest absolute Gasteiger partial charge is 0.508 e. The number of phenolic OH excluding ortho intramolecular Hbond substituents is 1. The molecule has 1 rings (SSSR count). The van der Waals surface area contributed by atoms with Crippen LogP contribution in [0.5, 0.6) is 11.5 Å². The fourth-order valence-corrected chi connectivity index (χ4v) is 3.58. The fraction of sp³-hybridized carbons (Fsp3) is 0.500. The monoisotopic (exact) mass is 456 g/mol. The van der Waals surface area contributed by atoms with Gasteiger partial charge in [0.25, 0.3) is 0 Å². The Labute approximate surface area is 198 Å². The predicted octanol–water partition coefficient (Wildman–Crippen LogP) is 5.81. The molecule has 2 N–H and O–H groups in total. The highest BCUT2D eigenvalue weighted by atomic mass is 16.5. The van der Waals surface area contributed by atoms with Gasteiger partial charge in [-0.2, -0.15) is 0 Å². The number of allylic oxidation sites excluding steroid dienone is 5. The Morgan fingerprint density at radius 1 is 1.18 bits per heavy atom. The van der Waals surface area contributed by atoms with E-state index in [-0.39, 0.29) is 23.2 Å². The van der Waals surface area contributed by atoms with Gasteiger partial charge in [0.05, 0.1) is 12.7 Å². The Morgan fingerprint density at radius 3 is 2.45 bits per heavy atom. The van der Waals surface area contributed by atoms with Crippen molar-refractivity contribution in [1.29, 1.82) is 0 Å². The lowest BCUT2D eigenvalue weighted by atomic mass is 9.96. The van der Waals surface area contributed by atoms with Crippen molar-refractivity contribution < 1.29 is 24.5 Å². The maximum absolute atomic E-state index is 12.4. The molecule has 182 valence electrons. The minimum absolute atomic E-state index is 0.00848. The zero-order chi connectivity index (χ0) is 25.2. The molecule has 0 radical (unpaired) electrons. The molecular formula is C28H40O5. The average molecular weight is 457 g/mol. The molecule has 5 nitrogen and oxygen atoms in total. The van der Waals surface area contributed by atoms with Gasteiger partial charge in [0.1, 0.15) is 11.5 Å². The minimum Gasteiger partial charge on any atom is -0.508 e. The molecule has 1 aromatic carbocycles. The number of ketones is 2. The zero-order valence-corrected chi connectivity index (χ0v) is 21.2. The number of aryl methyl sites for hydroxylation is 1. The molecule has 5 heteroatoms. The molecule has 1 aromatic rings. The fourth-order valence-electron chi connectivity index (χ4n) is 3.58. The van der Waals surface area contributed by atoms with Crippen LogP contribution in [0.25, 0.3) is 0 Å². The molecule has 0 fully saturated rings. The summed E-state index contributed by atoms with van der Waals surface area (Å²) < 4.78 is 5.44. The maximum Gasteiger partial charge on any atom is 0.159 e. The van der Waals surface area contributed by atoms with Gasteiger partial charge in [-0.1, -0.05) is 30.2 Å². The van der Waals surface area contributed by atoms with E-state index >= 15 is 0 Å². The van der Waals surface area contributed by atoms with Gasteiger partial charge in [-0.25, -0.2) is 0 Å². The van der Waals surface area contributed by atoms with Gasteiger partial charge in [-0.15, -0.1) is 0 Å². The highest BCUT2D eigenvalue weighted by Crippen LogP contribution is 2.29. The minimum atomic E-state index is -0.991. The van der Waals surface area contributed by atoms with Crippen LogP contribution in [0.1, 0.15) is 71.4 Å². The first-order valence-electron chi connectivity index (χ1n) is 11.5. The number of rotatable bonds is 13. The van der Waals surface area contributed by atoms with E-state index in [1.54, 1.807) is 39.2 Å². The van der Waals surface area contributed by atoms with Gasteiger partial charge in [0.15, 0.2) is 11.6 Å². The van der Waals surface area contributed by atoms with E-state index in [0.717, 1.165) is 47.3 Å². The van der Waals surface area contributed by atoms with Crippen molar-refractivity contribution >= 4 is 11.6 Å². The topological polar surface area (TPSA) is 83.8 Å². The van der Waals surface area contributed by atoms with Crippen LogP contribution in [0.4, 0.5) is 0 Å². The molecule has 0 heterocycles. The van der Waals surface area contributed by atoms with E-state index in [9.17, 15) is 19.8 Å². The van der Waals surface area contributed by atoms with Gasteiger partial charge >= 0.3 is 0 Å². The summed E-state index contributed by atoms with van der Waals surface area (Å²) >= 11 is 0. The number of hydrogen-bond donors (Lipinski definition) is 2. The first kappa shape index (κ1) is 28.4. The van der Waals surface area contributed by atoms with Crippen molar-refractivity contribution in [2.24, 2.45) is 5.92 Å². The Morgan fingerprint density at radius 2 is 1.85 bits per heavy atom. The molecule has 0 amide bonds. The molecule has 1 atom stereocenters. The van der Waals surface area contributed by atoms with Crippen LogP contribution < -0.4 is 4.74 Å². The number of carbonyl (C=O) groups excluding carboxylic acids is 2. The first-order valence-corrected chi connectivity index (χ1v) is 11.5. The second kappa shape index (κ2) is 13.1. The summed E-state index contributed by atoms with van der Waals surface area (Å²) in [6, 6.07) is 3.35.